The summed E-state index contributed by atoms with van der Waals surface area (Å²) in [6, 6.07) is 0. The lowest BCUT2D eigenvalue weighted by molar-refractivity contribution is -0.121. The van der Waals surface area contributed by atoms with Gasteiger partial charge in [-0.15, -0.1) is 0 Å². The summed E-state index contributed by atoms with van der Waals surface area (Å²) in [5.74, 6) is 0.0410. The smallest absolute Gasteiger partial charge is 0.221 e. The molecule has 0 spiro atoms. The van der Waals surface area contributed by atoms with Crippen molar-refractivity contribution in [3.8, 4) is 0 Å². The number of hydrogen-bond acceptors (Lipinski definition) is 3. The third-order valence-corrected chi connectivity index (χ3v) is 2.28. The first-order valence-electron chi connectivity index (χ1n) is 5.59. The second-order valence-electron chi connectivity index (χ2n) is 3.89. The van der Waals surface area contributed by atoms with Crippen LogP contribution < -0.4 is 5.32 Å². The highest BCUT2D eigenvalue weighted by atomic mass is 16.3. The Morgan fingerprint density at radius 3 is 3.06 bits per heavy atom. The van der Waals surface area contributed by atoms with Crippen molar-refractivity contribution in [3.05, 3.63) is 18.7 Å². The molecular formula is C11H19N3O2. The van der Waals surface area contributed by atoms with Gasteiger partial charge in [-0.25, -0.2) is 4.98 Å². The van der Waals surface area contributed by atoms with Gasteiger partial charge in [0, 0.05) is 31.9 Å². The third-order valence-electron chi connectivity index (χ3n) is 2.28. The van der Waals surface area contributed by atoms with E-state index < -0.39 is 0 Å². The summed E-state index contributed by atoms with van der Waals surface area (Å²) in [6.07, 6.45) is 6.94. The molecule has 0 bridgehead atoms. The lowest BCUT2D eigenvalue weighted by Gasteiger charge is -2.06. The second kappa shape index (κ2) is 7.00. The van der Waals surface area contributed by atoms with Crippen molar-refractivity contribution >= 4 is 5.91 Å². The fraction of sp³-hybridized carbons (Fsp3) is 0.636. The molecule has 5 heteroatoms. The number of hydrogen-bond donors (Lipinski definition) is 2. The standard InChI is InChI=1S/C11H19N3O2/c1-10(15)3-2-5-13-11(16)4-7-14-8-6-12-9-14/h6,8-10,15H,2-5,7H2,1H3,(H,13,16). The summed E-state index contributed by atoms with van der Waals surface area (Å²) in [4.78, 5) is 15.3. The minimum absolute atomic E-state index is 0.0410. The maximum absolute atomic E-state index is 11.4. The van der Waals surface area contributed by atoms with Gasteiger partial charge < -0.3 is 15.0 Å². The zero-order valence-electron chi connectivity index (χ0n) is 9.59. The zero-order chi connectivity index (χ0) is 11.8. The van der Waals surface area contributed by atoms with E-state index in [9.17, 15) is 4.79 Å². The van der Waals surface area contributed by atoms with Crippen LogP contribution in [0.5, 0.6) is 0 Å². The largest absolute Gasteiger partial charge is 0.393 e. The topological polar surface area (TPSA) is 67.2 Å². The Morgan fingerprint density at radius 2 is 2.44 bits per heavy atom. The lowest BCUT2D eigenvalue weighted by atomic mass is 10.2. The van der Waals surface area contributed by atoms with Crippen LogP contribution in [0.25, 0.3) is 0 Å². The molecule has 0 saturated heterocycles. The average molecular weight is 225 g/mol. The Morgan fingerprint density at radius 1 is 1.62 bits per heavy atom. The first-order valence-corrected chi connectivity index (χ1v) is 5.59. The number of rotatable bonds is 7. The van der Waals surface area contributed by atoms with Crippen molar-refractivity contribution in [2.45, 2.75) is 38.8 Å². The van der Waals surface area contributed by atoms with Gasteiger partial charge >= 0.3 is 0 Å². The Bertz CT molecular complexity index is 296. The monoisotopic (exact) mass is 225 g/mol. The highest BCUT2D eigenvalue weighted by Gasteiger charge is 2.01. The van der Waals surface area contributed by atoms with Gasteiger partial charge in [-0.05, 0) is 19.8 Å². The van der Waals surface area contributed by atoms with Crippen molar-refractivity contribution in [2.24, 2.45) is 0 Å². The quantitative estimate of drug-likeness (QED) is 0.666. The van der Waals surface area contributed by atoms with Gasteiger partial charge in [0.25, 0.3) is 0 Å². The zero-order valence-corrected chi connectivity index (χ0v) is 9.59. The number of imidazole rings is 1. The number of aliphatic hydroxyl groups is 1. The summed E-state index contributed by atoms with van der Waals surface area (Å²) in [6.45, 7) is 3.04. The SMILES string of the molecule is CC(O)CCCNC(=O)CCn1ccnc1. The average Bonchev–Trinajstić information content (AvgIpc) is 2.74. The molecule has 1 aromatic heterocycles. The van der Waals surface area contributed by atoms with Gasteiger partial charge in [0.2, 0.25) is 5.91 Å². The van der Waals surface area contributed by atoms with Crippen LogP contribution in [0.15, 0.2) is 18.7 Å². The molecule has 0 aliphatic rings. The van der Waals surface area contributed by atoms with Gasteiger partial charge in [0.1, 0.15) is 0 Å². The molecule has 1 atom stereocenters. The predicted octanol–water partition coefficient (Wildman–Crippen LogP) is 0.550. The van der Waals surface area contributed by atoms with Gasteiger partial charge in [0.15, 0.2) is 0 Å². The summed E-state index contributed by atoms with van der Waals surface area (Å²) in [5, 5.41) is 11.8. The molecule has 90 valence electrons. The van der Waals surface area contributed by atoms with Gasteiger partial charge in [-0.1, -0.05) is 0 Å². The summed E-state index contributed by atoms with van der Waals surface area (Å²) >= 11 is 0. The number of aryl methyl sites for hydroxylation is 1. The molecule has 0 fully saturated rings. The van der Waals surface area contributed by atoms with Crippen LogP contribution >= 0.6 is 0 Å². The van der Waals surface area contributed by atoms with Gasteiger partial charge in [-0.3, -0.25) is 4.79 Å². The van der Waals surface area contributed by atoms with E-state index >= 15 is 0 Å². The Kier molecular flexibility index (Phi) is 5.56. The number of carbonyl (C=O) groups excluding carboxylic acids is 1. The first kappa shape index (κ1) is 12.7. The first-order chi connectivity index (χ1) is 7.68. The maximum atomic E-state index is 11.4. The minimum atomic E-state index is -0.289. The molecule has 0 aliphatic carbocycles. The predicted molar refractivity (Wildman–Crippen MR) is 60.8 cm³/mol. The van der Waals surface area contributed by atoms with Crippen molar-refractivity contribution in [1.82, 2.24) is 14.9 Å². The molecule has 1 unspecified atom stereocenters. The van der Waals surface area contributed by atoms with Crippen molar-refractivity contribution in [2.75, 3.05) is 6.54 Å². The molecule has 16 heavy (non-hydrogen) atoms. The minimum Gasteiger partial charge on any atom is -0.393 e. The summed E-state index contributed by atoms with van der Waals surface area (Å²) in [7, 11) is 0. The summed E-state index contributed by atoms with van der Waals surface area (Å²) < 4.78 is 1.87. The van der Waals surface area contributed by atoms with Crippen LogP contribution in [0, 0.1) is 0 Å². The highest BCUT2D eigenvalue weighted by Crippen LogP contribution is 1.94. The summed E-state index contributed by atoms with van der Waals surface area (Å²) in [5.41, 5.74) is 0. The molecule has 0 saturated carbocycles. The fourth-order valence-corrected chi connectivity index (χ4v) is 1.36. The Hall–Kier alpha value is -1.36. The van der Waals surface area contributed by atoms with Crippen LogP contribution in [0.2, 0.25) is 0 Å². The van der Waals surface area contributed by atoms with E-state index in [-0.39, 0.29) is 12.0 Å². The second-order valence-corrected chi connectivity index (χ2v) is 3.89. The number of aliphatic hydroxyl groups excluding tert-OH is 1. The number of nitrogens with one attached hydrogen (secondary N) is 1. The van der Waals surface area contributed by atoms with E-state index in [1.54, 1.807) is 19.4 Å². The molecule has 1 heterocycles. The maximum Gasteiger partial charge on any atom is 0.221 e. The Balaban J connectivity index is 2.03. The number of nitrogens with zero attached hydrogens (tertiary/aromatic N) is 2. The highest BCUT2D eigenvalue weighted by molar-refractivity contribution is 5.75. The van der Waals surface area contributed by atoms with E-state index in [2.05, 4.69) is 10.3 Å². The molecule has 1 aromatic rings. The van der Waals surface area contributed by atoms with Crippen LogP contribution in [0.3, 0.4) is 0 Å². The van der Waals surface area contributed by atoms with Crippen LogP contribution in [-0.4, -0.2) is 33.2 Å². The molecule has 1 rings (SSSR count). The van der Waals surface area contributed by atoms with Crippen molar-refractivity contribution in [3.63, 3.8) is 0 Å². The number of aromatic nitrogens is 2. The number of amides is 1. The lowest BCUT2D eigenvalue weighted by Crippen LogP contribution is -2.25. The normalized spacial score (nSPS) is 12.4. The van der Waals surface area contributed by atoms with Crippen molar-refractivity contribution in [1.29, 1.82) is 0 Å². The fourth-order valence-electron chi connectivity index (χ4n) is 1.36. The van der Waals surface area contributed by atoms with E-state index in [4.69, 9.17) is 5.11 Å². The van der Waals surface area contributed by atoms with E-state index in [0.717, 1.165) is 12.8 Å². The third kappa shape index (κ3) is 5.50. The van der Waals surface area contributed by atoms with Crippen LogP contribution in [0.4, 0.5) is 0 Å². The molecule has 0 aliphatic heterocycles. The van der Waals surface area contributed by atoms with E-state index in [1.807, 2.05) is 10.8 Å². The molecule has 1 amide bonds. The molecule has 2 N–H and O–H groups in total. The van der Waals surface area contributed by atoms with Gasteiger partial charge in [-0.2, -0.15) is 0 Å². The Labute approximate surface area is 95.5 Å². The van der Waals surface area contributed by atoms with Gasteiger partial charge in [0.05, 0.1) is 12.4 Å². The van der Waals surface area contributed by atoms with E-state index in [0.29, 0.717) is 19.5 Å². The molecule has 0 radical (unpaired) electrons. The van der Waals surface area contributed by atoms with Crippen LogP contribution in [0.1, 0.15) is 26.2 Å². The molecule has 5 nitrogen and oxygen atoms in total. The van der Waals surface area contributed by atoms with E-state index in [1.165, 1.54) is 0 Å². The molecule has 0 aromatic carbocycles. The van der Waals surface area contributed by atoms with Crippen molar-refractivity contribution < 1.29 is 9.90 Å². The number of carbonyl (C=O) groups is 1. The van der Waals surface area contributed by atoms with Crippen LogP contribution in [-0.2, 0) is 11.3 Å². The molecular weight excluding hydrogens is 206 g/mol.